The fourth-order valence-electron chi connectivity index (χ4n) is 4.50. The molecule has 1 fully saturated rings. The van der Waals surface area contributed by atoms with Gasteiger partial charge in [0.25, 0.3) is 5.89 Å². The second kappa shape index (κ2) is 9.85. The predicted molar refractivity (Wildman–Crippen MR) is 131 cm³/mol. The zero-order valence-electron chi connectivity index (χ0n) is 20.6. The van der Waals surface area contributed by atoms with E-state index in [0.29, 0.717) is 18.8 Å². The first-order chi connectivity index (χ1) is 17.7. The Labute approximate surface area is 211 Å². The molecule has 1 unspecified atom stereocenters. The number of alkyl halides is 2. The van der Waals surface area contributed by atoms with E-state index in [-0.39, 0.29) is 35.6 Å². The molecule has 194 valence electrons. The van der Waals surface area contributed by atoms with Crippen LogP contribution in [-0.2, 0) is 13.6 Å². The topological polar surface area (TPSA) is 83.5 Å². The van der Waals surface area contributed by atoms with Crippen LogP contribution in [0.15, 0.2) is 47.0 Å². The molecular weight excluding hydrogens is 487 g/mol. The Morgan fingerprint density at radius 3 is 2.68 bits per heavy atom. The average Bonchev–Trinajstić information content (AvgIpc) is 3.63. The molecule has 5 rings (SSSR count). The third-order valence-corrected chi connectivity index (χ3v) is 6.70. The minimum atomic E-state index is -2.92. The van der Waals surface area contributed by atoms with Crippen LogP contribution >= 0.6 is 0 Å². The van der Waals surface area contributed by atoms with Gasteiger partial charge in [-0.1, -0.05) is 6.07 Å². The number of likely N-dealkylation sites (tertiary alicyclic amines) is 1. The Balaban J connectivity index is 1.46. The summed E-state index contributed by atoms with van der Waals surface area (Å²) in [5.41, 5.74) is 1.86. The molecular formula is C25H26F3N7O2. The van der Waals surface area contributed by atoms with Crippen LogP contribution in [0.4, 0.5) is 23.7 Å². The van der Waals surface area contributed by atoms with Crippen molar-refractivity contribution in [2.24, 2.45) is 7.05 Å². The monoisotopic (exact) mass is 513 g/mol. The number of aromatic nitrogens is 4. The van der Waals surface area contributed by atoms with Gasteiger partial charge in [0.05, 0.1) is 18.3 Å². The molecule has 2 aromatic carbocycles. The first kappa shape index (κ1) is 24.8. The number of aryl methyl sites for hydroxylation is 1. The van der Waals surface area contributed by atoms with Crippen molar-refractivity contribution < 1.29 is 22.4 Å². The first-order valence-electron chi connectivity index (χ1n) is 11.8. The van der Waals surface area contributed by atoms with Gasteiger partial charge in [0.2, 0.25) is 5.89 Å². The molecule has 0 spiro atoms. The van der Waals surface area contributed by atoms with Gasteiger partial charge in [-0.3, -0.25) is 9.58 Å². The van der Waals surface area contributed by atoms with E-state index in [9.17, 15) is 13.6 Å². The summed E-state index contributed by atoms with van der Waals surface area (Å²) in [5.74, 6) is -1.66. The Morgan fingerprint density at radius 2 is 2.00 bits per heavy atom. The van der Waals surface area contributed by atoms with E-state index < -0.39 is 18.1 Å². The molecule has 37 heavy (non-hydrogen) atoms. The van der Waals surface area contributed by atoms with Crippen molar-refractivity contribution >= 4 is 22.6 Å². The zero-order valence-corrected chi connectivity index (χ0v) is 20.6. The SMILES string of the molecule is CN(C)C1CCN(C(=O)N(Cc2ccc(-c3nnc(C(F)F)o3)cc2F)c2ccc3cnn(C)c3c2)C1. The normalized spacial score (nSPS) is 15.9. The summed E-state index contributed by atoms with van der Waals surface area (Å²) in [6, 6.07) is 9.71. The van der Waals surface area contributed by atoms with E-state index >= 15 is 4.39 Å². The van der Waals surface area contributed by atoms with Gasteiger partial charge >= 0.3 is 12.5 Å². The standard InChI is InChI=1S/C25H26F3N7O2/c1-32(2)19-8-9-34(14-19)25(36)35(18-7-6-16-12-29-33(3)21(16)11-18)13-17-5-4-15(10-20(17)26)23-30-31-24(37-23)22(27)28/h4-7,10-12,19,22H,8-9,13-14H2,1-3H3. The zero-order chi connectivity index (χ0) is 26.3. The van der Waals surface area contributed by atoms with E-state index in [1.54, 1.807) is 20.7 Å². The van der Waals surface area contributed by atoms with Gasteiger partial charge < -0.3 is 14.2 Å². The average molecular weight is 514 g/mol. The molecule has 1 atom stereocenters. The number of nitrogens with zero attached hydrogens (tertiary/aromatic N) is 7. The van der Waals surface area contributed by atoms with Crippen molar-refractivity contribution in [2.45, 2.75) is 25.4 Å². The maximum atomic E-state index is 15.2. The van der Waals surface area contributed by atoms with Crippen molar-refractivity contribution in [3.8, 4) is 11.5 Å². The van der Waals surface area contributed by atoms with Crippen LogP contribution in [0.3, 0.4) is 0 Å². The predicted octanol–water partition coefficient (Wildman–Crippen LogP) is 4.46. The third kappa shape index (κ3) is 4.88. The number of fused-ring (bicyclic) bond motifs is 1. The van der Waals surface area contributed by atoms with Crippen LogP contribution in [0.25, 0.3) is 22.4 Å². The van der Waals surface area contributed by atoms with E-state index in [0.717, 1.165) is 23.4 Å². The number of amides is 2. The summed E-state index contributed by atoms with van der Waals surface area (Å²) in [5, 5.41) is 12.1. The maximum Gasteiger partial charge on any atom is 0.324 e. The number of anilines is 1. The number of hydrogen-bond donors (Lipinski definition) is 0. The Morgan fingerprint density at radius 1 is 1.19 bits per heavy atom. The quantitative estimate of drug-likeness (QED) is 0.379. The van der Waals surface area contributed by atoms with E-state index in [2.05, 4.69) is 20.2 Å². The number of likely N-dealkylation sites (N-methyl/N-ethyl adjacent to an activating group) is 1. The summed E-state index contributed by atoms with van der Waals surface area (Å²) in [4.78, 5) is 19.1. The Hall–Kier alpha value is -3.93. The molecule has 0 radical (unpaired) electrons. The summed E-state index contributed by atoms with van der Waals surface area (Å²) in [6.45, 7) is 1.13. The minimum Gasteiger partial charge on any atom is -0.415 e. The van der Waals surface area contributed by atoms with Crippen LogP contribution in [0.2, 0.25) is 0 Å². The lowest BCUT2D eigenvalue weighted by Gasteiger charge is -2.29. The highest BCUT2D eigenvalue weighted by Crippen LogP contribution is 2.29. The van der Waals surface area contributed by atoms with Crippen LogP contribution in [0, 0.1) is 5.82 Å². The molecule has 1 saturated heterocycles. The van der Waals surface area contributed by atoms with Gasteiger partial charge in [0.1, 0.15) is 5.82 Å². The number of hydrogen-bond acceptors (Lipinski definition) is 6. The smallest absolute Gasteiger partial charge is 0.324 e. The second-order valence-corrected chi connectivity index (χ2v) is 9.28. The largest absolute Gasteiger partial charge is 0.415 e. The van der Waals surface area contributed by atoms with E-state index in [1.807, 2.05) is 39.3 Å². The fraction of sp³-hybridized carbons (Fsp3) is 0.360. The number of benzene rings is 2. The lowest BCUT2D eigenvalue weighted by atomic mass is 10.1. The molecule has 0 bridgehead atoms. The molecule has 0 saturated carbocycles. The molecule has 1 aliphatic heterocycles. The number of urea groups is 1. The van der Waals surface area contributed by atoms with Crippen molar-refractivity contribution in [1.82, 2.24) is 29.8 Å². The molecule has 0 N–H and O–H groups in total. The maximum absolute atomic E-state index is 15.2. The van der Waals surface area contributed by atoms with Gasteiger partial charge in [0, 0.05) is 48.4 Å². The number of halogens is 3. The fourth-order valence-corrected chi connectivity index (χ4v) is 4.50. The number of rotatable bonds is 6. The van der Waals surface area contributed by atoms with Crippen molar-refractivity contribution in [1.29, 1.82) is 0 Å². The van der Waals surface area contributed by atoms with Gasteiger partial charge in [-0.15, -0.1) is 10.2 Å². The minimum absolute atomic E-state index is 0.0381. The van der Waals surface area contributed by atoms with Crippen molar-refractivity contribution in [2.75, 3.05) is 32.1 Å². The summed E-state index contributed by atoms with van der Waals surface area (Å²) in [7, 11) is 5.78. The van der Waals surface area contributed by atoms with Gasteiger partial charge in [-0.05, 0) is 50.8 Å². The van der Waals surface area contributed by atoms with Crippen LogP contribution in [-0.4, -0.2) is 69.0 Å². The highest BCUT2D eigenvalue weighted by atomic mass is 19.3. The summed E-state index contributed by atoms with van der Waals surface area (Å²) >= 11 is 0. The summed E-state index contributed by atoms with van der Waals surface area (Å²) < 4.78 is 47.5. The van der Waals surface area contributed by atoms with Gasteiger partial charge in [0.15, 0.2) is 0 Å². The molecule has 12 heteroatoms. The molecule has 2 aromatic heterocycles. The lowest BCUT2D eigenvalue weighted by molar-refractivity contribution is 0.116. The van der Waals surface area contributed by atoms with E-state index in [4.69, 9.17) is 4.42 Å². The molecule has 3 heterocycles. The van der Waals surface area contributed by atoms with Gasteiger partial charge in [-0.2, -0.15) is 13.9 Å². The lowest BCUT2D eigenvalue weighted by Crippen LogP contribution is -2.43. The van der Waals surface area contributed by atoms with Crippen LogP contribution < -0.4 is 4.90 Å². The van der Waals surface area contributed by atoms with Crippen molar-refractivity contribution in [3.63, 3.8) is 0 Å². The first-order valence-corrected chi connectivity index (χ1v) is 11.8. The molecule has 1 aliphatic rings. The summed E-state index contributed by atoms with van der Waals surface area (Å²) in [6.07, 6.45) is -0.330. The number of carbonyl (C=O) groups excluding carboxylic acids is 1. The van der Waals surface area contributed by atoms with Crippen molar-refractivity contribution in [3.05, 3.63) is 59.9 Å². The van der Waals surface area contributed by atoms with E-state index in [1.165, 1.54) is 12.1 Å². The third-order valence-electron chi connectivity index (χ3n) is 6.70. The van der Waals surface area contributed by atoms with Crippen LogP contribution in [0.1, 0.15) is 24.3 Å². The molecule has 9 nitrogen and oxygen atoms in total. The van der Waals surface area contributed by atoms with Gasteiger partial charge in [-0.25, -0.2) is 9.18 Å². The highest BCUT2D eigenvalue weighted by Gasteiger charge is 2.31. The Kier molecular flexibility index (Phi) is 6.59. The van der Waals surface area contributed by atoms with Crippen LogP contribution in [0.5, 0.6) is 0 Å². The number of carbonyl (C=O) groups is 1. The highest BCUT2D eigenvalue weighted by molar-refractivity contribution is 5.95. The molecule has 4 aromatic rings. The molecule has 2 amide bonds. The Bertz CT molecular complexity index is 1430. The second-order valence-electron chi connectivity index (χ2n) is 9.28. The molecule has 0 aliphatic carbocycles.